The second kappa shape index (κ2) is 2.68. The smallest absolute Gasteiger partial charge is 0.107 e. The first-order valence-corrected chi connectivity index (χ1v) is 3.49. The van der Waals surface area contributed by atoms with Crippen molar-refractivity contribution >= 4 is 0 Å². The third kappa shape index (κ3) is 2.83. The zero-order valence-electron chi connectivity index (χ0n) is 7.03. The van der Waals surface area contributed by atoms with Gasteiger partial charge in [-0.15, -0.1) is 0 Å². The molecule has 56 valence electrons. The fourth-order valence-corrected chi connectivity index (χ4v) is 1.00. The summed E-state index contributed by atoms with van der Waals surface area (Å²) < 4.78 is 13.0. The zero-order chi connectivity index (χ0) is 7.65. The van der Waals surface area contributed by atoms with Crippen molar-refractivity contribution in [2.45, 2.75) is 40.8 Å². The van der Waals surface area contributed by atoms with Crippen molar-refractivity contribution in [3.8, 4) is 0 Å². The number of halogens is 1. The highest BCUT2D eigenvalue weighted by Gasteiger charge is 2.26. The summed E-state index contributed by atoms with van der Waals surface area (Å²) in [6.07, 6.45) is -0.683. The van der Waals surface area contributed by atoms with E-state index in [0.717, 1.165) is 0 Å². The Bertz CT molecular complexity index is 79.1. The van der Waals surface area contributed by atoms with Gasteiger partial charge in [0.15, 0.2) is 0 Å². The van der Waals surface area contributed by atoms with Gasteiger partial charge in [-0.3, -0.25) is 0 Å². The molecule has 1 heteroatoms. The average Bonchev–Trinajstić information content (AvgIpc) is 1.62. The Labute approximate surface area is 57.5 Å². The summed E-state index contributed by atoms with van der Waals surface area (Å²) in [5.74, 6) is 0.144. The van der Waals surface area contributed by atoms with E-state index in [1.165, 1.54) is 0 Å². The summed E-state index contributed by atoms with van der Waals surface area (Å²) in [4.78, 5) is 0. The van der Waals surface area contributed by atoms with Crippen LogP contribution in [0.3, 0.4) is 0 Å². The van der Waals surface area contributed by atoms with Crippen molar-refractivity contribution in [2.24, 2.45) is 11.3 Å². The predicted octanol–water partition coefficient (Wildman–Crippen LogP) is 3.03. The summed E-state index contributed by atoms with van der Waals surface area (Å²) in [6, 6.07) is 0. The van der Waals surface area contributed by atoms with E-state index in [-0.39, 0.29) is 11.3 Å². The van der Waals surface area contributed by atoms with E-state index in [4.69, 9.17) is 0 Å². The molecule has 0 bridgehead atoms. The average molecular weight is 132 g/mol. The molecule has 0 aromatic heterocycles. The van der Waals surface area contributed by atoms with Gasteiger partial charge >= 0.3 is 0 Å². The highest BCUT2D eigenvalue weighted by molar-refractivity contribution is 4.75. The molecule has 0 heterocycles. The Hall–Kier alpha value is -0.0700. The van der Waals surface area contributed by atoms with Crippen LogP contribution < -0.4 is 0 Å². The summed E-state index contributed by atoms with van der Waals surface area (Å²) in [5, 5.41) is 0. The van der Waals surface area contributed by atoms with Crippen LogP contribution in [-0.4, -0.2) is 6.17 Å². The van der Waals surface area contributed by atoms with Gasteiger partial charge in [-0.2, -0.15) is 0 Å². The van der Waals surface area contributed by atoms with Crippen molar-refractivity contribution in [2.75, 3.05) is 0 Å². The Kier molecular flexibility index (Phi) is 2.66. The maximum absolute atomic E-state index is 13.0. The maximum atomic E-state index is 13.0. The lowest BCUT2D eigenvalue weighted by atomic mass is 9.84. The molecule has 0 aromatic carbocycles. The molecular weight excluding hydrogens is 115 g/mol. The Balaban J connectivity index is 3.88. The third-order valence-electron chi connectivity index (χ3n) is 1.41. The summed E-state index contributed by atoms with van der Waals surface area (Å²) in [5.41, 5.74) is -0.186. The molecule has 0 aliphatic heterocycles. The second-order valence-electron chi connectivity index (χ2n) is 4.01. The SMILES string of the molecule is CC(C)C(F)C(C)(C)C. The molecule has 1 atom stereocenters. The van der Waals surface area contributed by atoms with Crippen molar-refractivity contribution in [3.05, 3.63) is 0 Å². The quantitative estimate of drug-likeness (QED) is 0.514. The van der Waals surface area contributed by atoms with E-state index in [1.54, 1.807) is 0 Å². The van der Waals surface area contributed by atoms with E-state index in [0.29, 0.717) is 0 Å². The van der Waals surface area contributed by atoms with Gasteiger partial charge in [0.2, 0.25) is 0 Å². The standard InChI is InChI=1S/C8H17F/c1-6(2)7(9)8(3,4)5/h6-7H,1-5H3. The van der Waals surface area contributed by atoms with Crippen LogP contribution in [-0.2, 0) is 0 Å². The zero-order valence-corrected chi connectivity index (χ0v) is 7.03. The predicted molar refractivity (Wildman–Crippen MR) is 39.2 cm³/mol. The van der Waals surface area contributed by atoms with Crippen LogP contribution in [0.25, 0.3) is 0 Å². The maximum Gasteiger partial charge on any atom is 0.107 e. The normalized spacial score (nSPS) is 16.3. The molecule has 0 N–H and O–H groups in total. The molecule has 0 amide bonds. The van der Waals surface area contributed by atoms with E-state index in [2.05, 4.69) is 0 Å². The van der Waals surface area contributed by atoms with Crippen LogP contribution in [0.5, 0.6) is 0 Å². The van der Waals surface area contributed by atoms with Crippen LogP contribution in [0, 0.1) is 11.3 Å². The topological polar surface area (TPSA) is 0 Å². The highest BCUT2D eigenvalue weighted by Crippen LogP contribution is 2.27. The Morgan fingerprint density at radius 1 is 1.11 bits per heavy atom. The van der Waals surface area contributed by atoms with Crippen LogP contribution in [0.2, 0.25) is 0 Å². The Morgan fingerprint density at radius 3 is 1.44 bits per heavy atom. The number of hydrogen-bond donors (Lipinski definition) is 0. The van der Waals surface area contributed by atoms with Gasteiger partial charge in [0.05, 0.1) is 0 Å². The summed E-state index contributed by atoms with van der Waals surface area (Å²) >= 11 is 0. The first kappa shape index (κ1) is 8.93. The molecule has 0 radical (unpaired) electrons. The van der Waals surface area contributed by atoms with Crippen molar-refractivity contribution < 1.29 is 4.39 Å². The lowest BCUT2D eigenvalue weighted by Crippen LogP contribution is -2.26. The van der Waals surface area contributed by atoms with Gasteiger partial charge in [0, 0.05) is 0 Å². The van der Waals surface area contributed by atoms with Crippen molar-refractivity contribution in [3.63, 3.8) is 0 Å². The molecule has 0 aromatic rings. The van der Waals surface area contributed by atoms with E-state index >= 15 is 0 Å². The largest absolute Gasteiger partial charge is 0.247 e. The molecule has 0 saturated carbocycles. The van der Waals surface area contributed by atoms with E-state index in [1.807, 2.05) is 34.6 Å². The number of hydrogen-bond acceptors (Lipinski definition) is 0. The minimum absolute atomic E-state index is 0.144. The van der Waals surface area contributed by atoms with Crippen molar-refractivity contribution in [1.29, 1.82) is 0 Å². The molecule has 0 rings (SSSR count). The van der Waals surface area contributed by atoms with E-state index < -0.39 is 6.17 Å². The van der Waals surface area contributed by atoms with Crippen LogP contribution in [0.1, 0.15) is 34.6 Å². The lowest BCUT2D eigenvalue weighted by molar-refractivity contribution is 0.114. The summed E-state index contributed by atoms with van der Waals surface area (Å²) in [7, 11) is 0. The first-order valence-electron chi connectivity index (χ1n) is 3.49. The first-order chi connectivity index (χ1) is 3.85. The van der Waals surface area contributed by atoms with Gasteiger partial charge in [-0.25, -0.2) is 4.39 Å². The third-order valence-corrected chi connectivity index (χ3v) is 1.41. The van der Waals surface area contributed by atoms with E-state index in [9.17, 15) is 4.39 Å². The molecule has 9 heavy (non-hydrogen) atoms. The molecule has 1 unspecified atom stereocenters. The van der Waals surface area contributed by atoms with Crippen LogP contribution in [0.4, 0.5) is 4.39 Å². The summed E-state index contributed by atoms with van der Waals surface area (Å²) in [6.45, 7) is 9.61. The molecule has 0 spiro atoms. The molecule has 0 nitrogen and oxygen atoms in total. The van der Waals surface area contributed by atoms with Gasteiger partial charge in [0.25, 0.3) is 0 Å². The highest BCUT2D eigenvalue weighted by atomic mass is 19.1. The van der Waals surface area contributed by atoms with Gasteiger partial charge in [-0.05, 0) is 11.3 Å². The minimum Gasteiger partial charge on any atom is -0.247 e. The monoisotopic (exact) mass is 132 g/mol. The van der Waals surface area contributed by atoms with Gasteiger partial charge in [0.1, 0.15) is 6.17 Å². The van der Waals surface area contributed by atoms with Crippen molar-refractivity contribution in [1.82, 2.24) is 0 Å². The number of alkyl halides is 1. The van der Waals surface area contributed by atoms with Gasteiger partial charge in [-0.1, -0.05) is 34.6 Å². The van der Waals surface area contributed by atoms with Crippen LogP contribution in [0.15, 0.2) is 0 Å². The fourth-order valence-electron chi connectivity index (χ4n) is 1.00. The molecule has 0 aliphatic rings. The molecule has 0 aliphatic carbocycles. The fraction of sp³-hybridized carbons (Fsp3) is 1.00. The Morgan fingerprint density at radius 2 is 1.44 bits per heavy atom. The second-order valence-corrected chi connectivity index (χ2v) is 4.01. The van der Waals surface area contributed by atoms with Gasteiger partial charge < -0.3 is 0 Å². The molecular formula is C8H17F. The molecule has 0 saturated heterocycles. The number of rotatable bonds is 1. The lowest BCUT2D eigenvalue weighted by Gasteiger charge is -2.26. The van der Waals surface area contributed by atoms with Crippen LogP contribution >= 0.6 is 0 Å². The minimum atomic E-state index is -0.683. The molecule has 0 fully saturated rings.